The predicted octanol–water partition coefficient (Wildman–Crippen LogP) is 2.74. The summed E-state index contributed by atoms with van der Waals surface area (Å²) in [5, 5.41) is 12.6. The van der Waals surface area contributed by atoms with E-state index in [0.29, 0.717) is 18.2 Å². The molecule has 0 bridgehead atoms. The van der Waals surface area contributed by atoms with Crippen LogP contribution in [0, 0.1) is 11.8 Å². The van der Waals surface area contributed by atoms with Crippen molar-refractivity contribution in [1.29, 1.82) is 0 Å². The fraction of sp³-hybridized carbons (Fsp3) is 0.455. The molecule has 0 spiro atoms. The number of benzene rings is 1. The topological polar surface area (TPSA) is 85.4 Å². The van der Waals surface area contributed by atoms with Gasteiger partial charge in [-0.15, -0.1) is 0 Å². The number of nitrogens with one attached hydrogen (secondary N) is 2. The largest absolute Gasteiger partial charge is 0.477 e. The van der Waals surface area contributed by atoms with E-state index in [1.165, 1.54) is 24.6 Å². The molecule has 1 aromatic carbocycles. The molecular weight excluding hydrogens is 354 g/mol. The summed E-state index contributed by atoms with van der Waals surface area (Å²) < 4.78 is 0. The zero-order valence-electron chi connectivity index (χ0n) is 16.4. The van der Waals surface area contributed by atoms with Crippen molar-refractivity contribution in [3.63, 3.8) is 0 Å². The molecular formula is C22H27N3O3. The number of carboxylic acids is 1. The number of aromatic amines is 1. The number of hydrogen-bond donors (Lipinski definition) is 3. The molecule has 1 unspecified atom stereocenters. The van der Waals surface area contributed by atoms with Crippen LogP contribution >= 0.6 is 0 Å². The molecule has 4 rings (SSSR count). The van der Waals surface area contributed by atoms with Gasteiger partial charge in [-0.1, -0.05) is 19.1 Å². The van der Waals surface area contributed by atoms with E-state index in [4.69, 9.17) is 0 Å². The predicted molar refractivity (Wildman–Crippen MR) is 110 cm³/mol. The summed E-state index contributed by atoms with van der Waals surface area (Å²) in [5.74, 6) is 0.338. The summed E-state index contributed by atoms with van der Waals surface area (Å²) in [6.45, 7) is 4.16. The zero-order chi connectivity index (χ0) is 19.8. The van der Waals surface area contributed by atoms with Crippen molar-refractivity contribution in [2.24, 2.45) is 11.8 Å². The highest BCUT2D eigenvalue weighted by Crippen LogP contribution is 2.40. The molecule has 28 heavy (non-hydrogen) atoms. The van der Waals surface area contributed by atoms with Gasteiger partial charge >= 0.3 is 5.97 Å². The highest BCUT2D eigenvalue weighted by Gasteiger charge is 2.40. The average molecular weight is 381 g/mol. The fourth-order valence-electron chi connectivity index (χ4n) is 4.85. The summed E-state index contributed by atoms with van der Waals surface area (Å²) >= 11 is 0. The minimum atomic E-state index is -1.20. The van der Waals surface area contributed by atoms with Crippen LogP contribution < -0.4 is 15.8 Å². The summed E-state index contributed by atoms with van der Waals surface area (Å²) in [5.41, 5.74) is 2.89. The maximum absolute atomic E-state index is 12.1. The van der Waals surface area contributed by atoms with Crippen LogP contribution in [0.5, 0.6) is 0 Å². The van der Waals surface area contributed by atoms with Crippen LogP contribution in [0.4, 0.5) is 5.69 Å². The van der Waals surface area contributed by atoms with Gasteiger partial charge in [0.25, 0.3) is 5.56 Å². The van der Waals surface area contributed by atoms with Gasteiger partial charge in [0.2, 0.25) is 0 Å². The Morgan fingerprint density at radius 3 is 2.39 bits per heavy atom. The van der Waals surface area contributed by atoms with Gasteiger partial charge in [0, 0.05) is 24.8 Å². The molecule has 1 saturated heterocycles. The number of pyridine rings is 1. The smallest absolute Gasteiger partial charge is 0.341 e. The Morgan fingerprint density at radius 1 is 1.21 bits per heavy atom. The molecule has 148 valence electrons. The first-order valence-electron chi connectivity index (χ1n) is 10.0. The number of rotatable bonds is 5. The number of fused-ring (bicyclic) bond motifs is 1. The second-order valence-corrected chi connectivity index (χ2v) is 8.00. The molecule has 1 aromatic heterocycles. The first kappa shape index (κ1) is 18.7. The molecule has 3 N–H and O–H groups in total. The number of hydrogen-bond acceptors (Lipinski definition) is 4. The summed E-state index contributed by atoms with van der Waals surface area (Å²) in [7, 11) is 2.06. The van der Waals surface area contributed by atoms with Crippen molar-refractivity contribution in [3.05, 3.63) is 51.8 Å². The van der Waals surface area contributed by atoms with Crippen LogP contribution in [0.15, 0.2) is 35.1 Å². The first-order valence-corrected chi connectivity index (χ1v) is 10.0. The zero-order valence-corrected chi connectivity index (χ0v) is 16.4. The van der Waals surface area contributed by atoms with Crippen molar-refractivity contribution in [1.82, 2.24) is 10.3 Å². The molecule has 1 aliphatic carbocycles. The third-order valence-corrected chi connectivity index (χ3v) is 6.41. The number of aromatic carboxylic acids is 1. The average Bonchev–Trinajstić information content (AvgIpc) is 3.26. The number of aryl methyl sites for hydroxylation is 1. The third-order valence-electron chi connectivity index (χ3n) is 6.41. The Morgan fingerprint density at radius 2 is 1.86 bits per heavy atom. The molecule has 2 aromatic rings. The van der Waals surface area contributed by atoms with E-state index in [1.54, 1.807) is 0 Å². The van der Waals surface area contributed by atoms with Crippen molar-refractivity contribution in [2.75, 3.05) is 25.0 Å². The summed E-state index contributed by atoms with van der Waals surface area (Å²) in [6.07, 6.45) is 3.16. The van der Waals surface area contributed by atoms with Crippen LogP contribution in [0.3, 0.4) is 0 Å². The normalized spacial score (nSPS) is 23.8. The number of nitrogens with zero attached hydrogens (tertiary/aromatic N) is 1. The maximum Gasteiger partial charge on any atom is 0.341 e. The molecule has 2 heterocycles. The first-order chi connectivity index (χ1) is 13.5. The van der Waals surface area contributed by atoms with Crippen LogP contribution in [0.2, 0.25) is 0 Å². The molecule has 1 aliphatic heterocycles. The number of aromatic nitrogens is 1. The lowest BCUT2D eigenvalue weighted by atomic mass is 10.0. The Labute approximate surface area is 164 Å². The third kappa shape index (κ3) is 3.33. The van der Waals surface area contributed by atoms with Crippen LogP contribution in [0.1, 0.15) is 35.7 Å². The van der Waals surface area contributed by atoms with Gasteiger partial charge in [0.15, 0.2) is 0 Å². The van der Waals surface area contributed by atoms with Gasteiger partial charge in [-0.2, -0.15) is 0 Å². The van der Waals surface area contributed by atoms with Crippen molar-refractivity contribution < 1.29 is 9.90 Å². The minimum absolute atomic E-state index is 0.208. The van der Waals surface area contributed by atoms with E-state index in [1.807, 2.05) is 19.1 Å². The van der Waals surface area contributed by atoms with Gasteiger partial charge in [0.05, 0.1) is 5.69 Å². The second kappa shape index (κ2) is 7.43. The molecule has 0 radical (unpaired) electrons. The Kier molecular flexibility index (Phi) is 4.98. The number of anilines is 1. The van der Waals surface area contributed by atoms with Crippen molar-refractivity contribution in [2.45, 2.75) is 32.2 Å². The standard InChI is InChI=1S/C22H27N3O3/c1-3-13-10-19(22(27)28)21(26)24-20(13)14-4-6-18(7-5-14)25-11-15-8-17(23-2)9-16(15)12-25/h4-7,10,15-17,23H,3,8-9,11-12H2,1-2H3,(H,24,26)(H,27,28)/t15-,16+,17?. The molecule has 1 saturated carbocycles. The molecule has 6 nitrogen and oxygen atoms in total. The van der Waals surface area contributed by atoms with E-state index in [-0.39, 0.29) is 5.56 Å². The number of carbonyl (C=O) groups is 1. The monoisotopic (exact) mass is 381 g/mol. The maximum atomic E-state index is 12.1. The van der Waals surface area contributed by atoms with Gasteiger partial charge in [-0.25, -0.2) is 4.79 Å². The van der Waals surface area contributed by atoms with Gasteiger partial charge in [0.1, 0.15) is 5.56 Å². The van der Waals surface area contributed by atoms with Gasteiger partial charge in [-0.3, -0.25) is 4.79 Å². The molecule has 2 aliphatic rings. The lowest BCUT2D eigenvalue weighted by molar-refractivity contribution is 0.0695. The molecule has 0 amide bonds. The van der Waals surface area contributed by atoms with Crippen molar-refractivity contribution >= 4 is 11.7 Å². The molecule has 3 atom stereocenters. The Balaban J connectivity index is 1.55. The van der Waals surface area contributed by atoms with Crippen LogP contribution in [-0.4, -0.2) is 42.2 Å². The lowest BCUT2D eigenvalue weighted by Gasteiger charge is -2.21. The van der Waals surface area contributed by atoms with E-state index in [2.05, 4.69) is 34.4 Å². The Bertz CT molecular complexity index is 921. The highest BCUT2D eigenvalue weighted by atomic mass is 16.4. The summed E-state index contributed by atoms with van der Waals surface area (Å²) in [6, 6.07) is 10.4. The van der Waals surface area contributed by atoms with Gasteiger partial charge in [-0.05, 0) is 67.5 Å². The second-order valence-electron chi connectivity index (χ2n) is 8.00. The summed E-state index contributed by atoms with van der Waals surface area (Å²) in [4.78, 5) is 28.6. The quantitative estimate of drug-likeness (QED) is 0.742. The number of carboxylic acid groups (broad SMARTS) is 1. The van der Waals surface area contributed by atoms with E-state index < -0.39 is 11.5 Å². The SMILES string of the molecule is CCc1cc(C(=O)O)c(=O)[nH]c1-c1ccc(N2C[C@H]3CC(NC)C[C@H]3C2)cc1. The van der Waals surface area contributed by atoms with Gasteiger partial charge < -0.3 is 20.3 Å². The Hall–Kier alpha value is -2.60. The minimum Gasteiger partial charge on any atom is -0.477 e. The van der Waals surface area contributed by atoms with Crippen LogP contribution in [0.25, 0.3) is 11.3 Å². The van der Waals surface area contributed by atoms with E-state index in [9.17, 15) is 14.7 Å². The molecule has 2 fully saturated rings. The lowest BCUT2D eigenvalue weighted by Crippen LogP contribution is -2.27. The van der Waals surface area contributed by atoms with E-state index >= 15 is 0 Å². The van der Waals surface area contributed by atoms with E-state index in [0.717, 1.165) is 36.1 Å². The number of H-pyrrole nitrogens is 1. The van der Waals surface area contributed by atoms with Crippen molar-refractivity contribution in [3.8, 4) is 11.3 Å². The fourth-order valence-corrected chi connectivity index (χ4v) is 4.85. The highest BCUT2D eigenvalue weighted by molar-refractivity contribution is 5.88. The van der Waals surface area contributed by atoms with Crippen LogP contribution in [-0.2, 0) is 6.42 Å². The molecule has 6 heteroatoms.